The first kappa shape index (κ1) is 24.9. The van der Waals surface area contributed by atoms with Crippen LogP contribution in [0.4, 0.5) is 8.78 Å². The maximum atomic E-state index is 13.2. The topological polar surface area (TPSA) is 70.6 Å². The first-order chi connectivity index (χ1) is 15.0. The minimum atomic E-state index is -0.434. The molecule has 7 heteroatoms. The minimum absolute atomic E-state index is 0.218. The summed E-state index contributed by atoms with van der Waals surface area (Å²) in [6.07, 6.45) is 4.25. The molecule has 0 saturated heterocycles. The average molecular weight is 435 g/mol. The number of amides is 1. The largest absolute Gasteiger partial charge is 0.377 e. The molecule has 2 aromatic rings. The van der Waals surface area contributed by atoms with Crippen molar-refractivity contribution >= 4 is 5.91 Å². The lowest BCUT2D eigenvalue weighted by atomic mass is 9.91. The predicted molar refractivity (Wildman–Crippen MR) is 116 cm³/mol. The molecule has 0 aliphatic heterocycles. The molecule has 0 bridgehead atoms. The molecule has 2 atom stereocenters. The van der Waals surface area contributed by atoms with Crippen LogP contribution in [0.1, 0.15) is 49.3 Å². The Bertz CT molecular complexity index is 769. The van der Waals surface area contributed by atoms with Crippen molar-refractivity contribution in [2.75, 3.05) is 20.2 Å². The number of carbonyl (C=O) groups is 1. The van der Waals surface area contributed by atoms with Crippen LogP contribution in [0.15, 0.2) is 48.5 Å². The molecule has 0 spiro atoms. The Morgan fingerprint density at radius 3 is 2.19 bits per heavy atom. The molecule has 3 N–H and O–H groups in total. The van der Waals surface area contributed by atoms with Crippen molar-refractivity contribution in [3.05, 3.63) is 71.3 Å². The molecule has 0 saturated carbocycles. The van der Waals surface area contributed by atoms with Crippen LogP contribution >= 0.6 is 0 Å². The Morgan fingerprint density at radius 2 is 1.58 bits per heavy atom. The van der Waals surface area contributed by atoms with Gasteiger partial charge in [0, 0.05) is 13.0 Å². The van der Waals surface area contributed by atoms with Crippen molar-refractivity contribution in [3.63, 3.8) is 0 Å². The van der Waals surface area contributed by atoms with E-state index in [-0.39, 0.29) is 17.7 Å². The normalized spacial score (nSPS) is 13.0. The number of halogens is 2. The second-order valence-electron chi connectivity index (χ2n) is 7.66. The number of nitrogens with one attached hydrogen (secondary N) is 2. The molecule has 1 amide bonds. The third-order valence-electron chi connectivity index (χ3n) is 5.39. The molecule has 0 aromatic heterocycles. The zero-order chi connectivity index (χ0) is 22.5. The third kappa shape index (κ3) is 9.12. The van der Waals surface area contributed by atoms with Gasteiger partial charge in [-0.3, -0.25) is 10.0 Å². The van der Waals surface area contributed by atoms with Gasteiger partial charge in [0.15, 0.2) is 0 Å². The summed E-state index contributed by atoms with van der Waals surface area (Å²) in [5.41, 5.74) is 3.66. The highest BCUT2D eigenvalue weighted by Gasteiger charge is 2.23. The van der Waals surface area contributed by atoms with Gasteiger partial charge in [0.2, 0.25) is 5.91 Å². The number of unbranched alkanes of at least 4 members (excludes halogenated alkanes) is 1. The van der Waals surface area contributed by atoms with Crippen molar-refractivity contribution in [1.29, 1.82) is 0 Å². The predicted octanol–water partition coefficient (Wildman–Crippen LogP) is 4.56. The number of methoxy groups -OCH3 is 1. The maximum absolute atomic E-state index is 13.2. The van der Waals surface area contributed by atoms with Crippen molar-refractivity contribution < 1.29 is 23.5 Å². The highest BCUT2D eigenvalue weighted by atomic mass is 19.1. The SMILES string of the molecule is COC(CC(CCCCNCCCc1ccc(F)cc1)C(=O)NO)c1ccc(F)cc1. The number of rotatable bonds is 14. The quantitative estimate of drug-likeness (QED) is 0.232. The Hall–Kier alpha value is -2.35. The summed E-state index contributed by atoms with van der Waals surface area (Å²) in [5, 5.41) is 12.5. The lowest BCUT2D eigenvalue weighted by molar-refractivity contribution is -0.135. The van der Waals surface area contributed by atoms with Gasteiger partial charge in [0.1, 0.15) is 11.6 Å². The molecule has 5 nitrogen and oxygen atoms in total. The molecular weight excluding hydrogens is 402 g/mol. The Morgan fingerprint density at radius 1 is 0.968 bits per heavy atom. The van der Waals surface area contributed by atoms with E-state index >= 15 is 0 Å². The van der Waals surface area contributed by atoms with Crippen LogP contribution in [-0.4, -0.2) is 31.3 Å². The summed E-state index contributed by atoms with van der Waals surface area (Å²) in [6.45, 7) is 1.71. The Kier molecular flexibility index (Phi) is 11.1. The second kappa shape index (κ2) is 13.9. The van der Waals surface area contributed by atoms with Gasteiger partial charge in [0.05, 0.1) is 6.10 Å². The fourth-order valence-electron chi connectivity index (χ4n) is 3.59. The smallest absolute Gasteiger partial charge is 0.246 e. The average Bonchev–Trinajstić information content (AvgIpc) is 2.79. The van der Waals surface area contributed by atoms with Crippen LogP contribution in [0.3, 0.4) is 0 Å². The Balaban J connectivity index is 1.68. The molecule has 0 aliphatic rings. The van der Waals surface area contributed by atoms with Gasteiger partial charge >= 0.3 is 0 Å². The fraction of sp³-hybridized carbons (Fsp3) is 0.458. The van der Waals surface area contributed by atoms with Crippen molar-refractivity contribution in [2.45, 2.75) is 44.6 Å². The summed E-state index contributed by atoms with van der Waals surface area (Å²) in [4.78, 5) is 12.1. The van der Waals surface area contributed by atoms with Gasteiger partial charge in [-0.15, -0.1) is 0 Å². The van der Waals surface area contributed by atoms with Crippen LogP contribution in [0.2, 0.25) is 0 Å². The number of benzene rings is 2. The van der Waals surface area contributed by atoms with E-state index in [0.717, 1.165) is 49.9 Å². The van der Waals surface area contributed by atoms with Gasteiger partial charge in [-0.1, -0.05) is 30.7 Å². The van der Waals surface area contributed by atoms with Crippen molar-refractivity contribution in [2.24, 2.45) is 5.92 Å². The number of hydrogen-bond donors (Lipinski definition) is 3. The number of hydroxylamine groups is 1. The molecule has 170 valence electrons. The molecule has 31 heavy (non-hydrogen) atoms. The van der Waals surface area contributed by atoms with E-state index in [9.17, 15) is 13.6 Å². The first-order valence-electron chi connectivity index (χ1n) is 10.7. The summed E-state index contributed by atoms with van der Waals surface area (Å²) in [5.74, 6) is -1.38. The van der Waals surface area contributed by atoms with Gasteiger partial charge in [-0.2, -0.15) is 0 Å². The van der Waals surface area contributed by atoms with E-state index in [0.29, 0.717) is 12.8 Å². The lowest BCUT2D eigenvalue weighted by Crippen LogP contribution is -2.29. The number of carbonyl (C=O) groups excluding carboxylic acids is 1. The van der Waals surface area contributed by atoms with E-state index in [4.69, 9.17) is 9.94 Å². The zero-order valence-electron chi connectivity index (χ0n) is 17.9. The van der Waals surface area contributed by atoms with Crippen LogP contribution in [0, 0.1) is 17.6 Å². The molecule has 2 rings (SSSR count). The van der Waals surface area contributed by atoms with Gasteiger partial charge in [0.25, 0.3) is 0 Å². The summed E-state index contributed by atoms with van der Waals surface area (Å²) in [7, 11) is 1.55. The highest BCUT2D eigenvalue weighted by Crippen LogP contribution is 2.27. The van der Waals surface area contributed by atoms with Crippen LogP contribution in [-0.2, 0) is 16.0 Å². The molecule has 0 heterocycles. The molecule has 2 aromatic carbocycles. The number of ether oxygens (including phenoxy) is 1. The zero-order valence-corrected chi connectivity index (χ0v) is 17.9. The van der Waals surface area contributed by atoms with Crippen LogP contribution < -0.4 is 10.8 Å². The lowest BCUT2D eigenvalue weighted by Gasteiger charge is -2.22. The molecule has 2 unspecified atom stereocenters. The molecule has 0 radical (unpaired) electrons. The molecule has 0 fully saturated rings. The number of aryl methyl sites for hydroxylation is 1. The first-order valence-corrected chi connectivity index (χ1v) is 10.7. The van der Waals surface area contributed by atoms with Crippen LogP contribution in [0.5, 0.6) is 0 Å². The van der Waals surface area contributed by atoms with E-state index in [1.54, 1.807) is 36.9 Å². The minimum Gasteiger partial charge on any atom is -0.377 e. The van der Waals surface area contributed by atoms with E-state index in [1.165, 1.54) is 24.3 Å². The molecular formula is C24H32F2N2O3. The molecule has 0 aliphatic carbocycles. The van der Waals surface area contributed by atoms with Crippen molar-refractivity contribution in [1.82, 2.24) is 10.8 Å². The van der Waals surface area contributed by atoms with Crippen molar-refractivity contribution in [3.8, 4) is 0 Å². The third-order valence-corrected chi connectivity index (χ3v) is 5.39. The van der Waals surface area contributed by atoms with Gasteiger partial charge in [-0.05, 0) is 80.6 Å². The standard InChI is InChI=1S/C24H32F2N2O3/c1-31-23(19-9-13-22(26)14-10-19)17-20(24(29)28-30)6-2-3-15-27-16-4-5-18-7-11-21(25)12-8-18/h7-14,20,23,27,30H,2-6,15-17H2,1H3,(H,28,29). The monoisotopic (exact) mass is 434 g/mol. The van der Waals surface area contributed by atoms with E-state index in [1.807, 2.05) is 0 Å². The number of hydrogen-bond acceptors (Lipinski definition) is 4. The van der Waals surface area contributed by atoms with Gasteiger partial charge < -0.3 is 10.1 Å². The van der Waals surface area contributed by atoms with Crippen LogP contribution in [0.25, 0.3) is 0 Å². The highest BCUT2D eigenvalue weighted by molar-refractivity contribution is 5.77. The van der Waals surface area contributed by atoms with E-state index in [2.05, 4.69) is 5.32 Å². The Labute approximate surface area is 182 Å². The maximum Gasteiger partial charge on any atom is 0.246 e. The summed E-state index contributed by atoms with van der Waals surface area (Å²) in [6, 6.07) is 12.6. The summed E-state index contributed by atoms with van der Waals surface area (Å²) < 4.78 is 31.6. The summed E-state index contributed by atoms with van der Waals surface area (Å²) >= 11 is 0. The fourth-order valence-corrected chi connectivity index (χ4v) is 3.59. The van der Waals surface area contributed by atoms with E-state index < -0.39 is 11.8 Å². The van der Waals surface area contributed by atoms with Gasteiger partial charge in [-0.25, -0.2) is 14.3 Å². The second-order valence-corrected chi connectivity index (χ2v) is 7.66.